The monoisotopic (exact) mass is 350 g/mol. The lowest BCUT2D eigenvalue weighted by atomic mass is 9.86. The third kappa shape index (κ3) is 3.44. The number of halogens is 1. The van der Waals surface area contributed by atoms with Crippen molar-refractivity contribution in [2.45, 2.75) is 51.3 Å². The highest BCUT2D eigenvalue weighted by atomic mass is 32.2. The van der Waals surface area contributed by atoms with Crippen LogP contribution in [0.4, 0.5) is 4.39 Å². The Bertz CT molecular complexity index is 812. The molecule has 1 aromatic heterocycles. The second-order valence-corrected chi connectivity index (χ2v) is 9.24. The molecule has 1 heterocycles. The molecule has 1 fully saturated rings. The number of hydrogen-bond acceptors (Lipinski definition) is 3. The van der Waals surface area contributed by atoms with Gasteiger partial charge in [0.2, 0.25) is 16.0 Å². The average molecular weight is 350 g/mol. The van der Waals surface area contributed by atoms with Gasteiger partial charge in [0.1, 0.15) is 0 Å². The van der Waals surface area contributed by atoms with Crippen LogP contribution in [0.25, 0.3) is 5.57 Å². The van der Waals surface area contributed by atoms with E-state index in [4.69, 9.17) is 0 Å². The van der Waals surface area contributed by atoms with Crippen LogP contribution in [-0.4, -0.2) is 24.7 Å². The van der Waals surface area contributed by atoms with Crippen LogP contribution in [0, 0.1) is 18.8 Å². The molecule has 2 aliphatic carbocycles. The fourth-order valence-corrected chi connectivity index (χ4v) is 4.33. The highest BCUT2D eigenvalue weighted by molar-refractivity contribution is 7.90. The van der Waals surface area contributed by atoms with Gasteiger partial charge in [-0.25, -0.2) is 18.1 Å². The summed E-state index contributed by atoms with van der Waals surface area (Å²) in [5.41, 5.74) is 3.38. The largest absolute Gasteiger partial charge is 0.225 e. The molecule has 0 aliphatic heterocycles. The molecule has 0 amide bonds. The van der Waals surface area contributed by atoms with E-state index in [1.54, 1.807) is 26.8 Å². The molecule has 4 nitrogen and oxygen atoms in total. The summed E-state index contributed by atoms with van der Waals surface area (Å²) in [6, 6.07) is 3.52. The number of fused-ring (bicyclic) bond motifs is 1. The number of sulfonamides is 1. The number of rotatable bonds is 4. The SMILES string of the molecule is Cc1ccc(C2=CC=C3C[C@H](NS(=O)(=O)C(C)C)CC3C2)c(F)n1. The molecule has 130 valence electrons. The van der Waals surface area contributed by atoms with Crippen LogP contribution in [-0.2, 0) is 10.0 Å². The van der Waals surface area contributed by atoms with Crippen molar-refractivity contribution in [1.82, 2.24) is 9.71 Å². The molecule has 0 bridgehead atoms. The van der Waals surface area contributed by atoms with Crippen molar-refractivity contribution in [3.63, 3.8) is 0 Å². The topological polar surface area (TPSA) is 59.1 Å². The first-order chi connectivity index (χ1) is 11.3. The second kappa shape index (κ2) is 6.41. The van der Waals surface area contributed by atoms with Crippen LogP contribution < -0.4 is 4.72 Å². The summed E-state index contributed by atoms with van der Waals surface area (Å²) in [5, 5.41) is -0.435. The molecule has 1 unspecified atom stereocenters. The number of aryl methyl sites for hydroxylation is 1. The maximum atomic E-state index is 14.1. The first-order valence-electron chi connectivity index (χ1n) is 8.30. The van der Waals surface area contributed by atoms with Crippen molar-refractivity contribution in [3.8, 4) is 0 Å². The molecule has 2 aliphatic rings. The zero-order valence-electron chi connectivity index (χ0n) is 14.2. The highest BCUT2D eigenvalue weighted by Crippen LogP contribution is 2.41. The van der Waals surface area contributed by atoms with Crippen LogP contribution in [0.5, 0.6) is 0 Å². The summed E-state index contributed by atoms with van der Waals surface area (Å²) >= 11 is 0. The normalized spacial score (nSPS) is 23.9. The van der Waals surface area contributed by atoms with E-state index in [1.807, 2.05) is 18.2 Å². The van der Waals surface area contributed by atoms with Crippen molar-refractivity contribution in [3.05, 3.63) is 47.1 Å². The van der Waals surface area contributed by atoms with Crippen molar-refractivity contribution >= 4 is 15.6 Å². The summed E-state index contributed by atoms with van der Waals surface area (Å²) in [5.74, 6) is -0.168. The second-order valence-electron chi connectivity index (χ2n) is 6.97. The van der Waals surface area contributed by atoms with Gasteiger partial charge < -0.3 is 0 Å². The van der Waals surface area contributed by atoms with E-state index in [2.05, 4.69) is 9.71 Å². The Morgan fingerprint density at radius 1 is 1.25 bits per heavy atom. The van der Waals surface area contributed by atoms with Gasteiger partial charge in [0.15, 0.2) is 0 Å². The predicted octanol–water partition coefficient (Wildman–Crippen LogP) is 3.35. The Hall–Kier alpha value is -1.53. The number of nitrogens with zero attached hydrogens (tertiary/aromatic N) is 1. The summed E-state index contributed by atoms with van der Waals surface area (Å²) in [6.45, 7) is 5.12. The van der Waals surface area contributed by atoms with Gasteiger partial charge in [-0.15, -0.1) is 0 Å². The van der Waals surface area contributed by atoms with E-state index in [0.717, 1.165) is 24.8 Å². The van der Waals surface area contributed by atoms with Gasteiger partial charge in [-0.2, -0.15) is 4.39 Å². The maximum absolute atomic E-state index is 14.1. The summed E-state index contributed by atoms with van der Waals surface area (Å²) in [4.78, 5) is 3.90. The third-order valence-electron chi connectivity index (χ3n) is 4.83. The van der Waals surface area contributed by atoms with Gasteiger partial charge >= 0.3 is 0 Å². The molecule has 0 saturated heterocycles. The number of hydrogen-bond donors (Lipinski definition) is 1. The van der Waals surface area contributed by atoms with E-state index in [0.29, 0.717) is 11.3 Å². The van der Waals surface area contributed by atoms with Crippen LogP contribution >= 0.6 is 0 Å². The molecule has 24 heavy (non-hydrogen) atoms. The lowest BCUT2D eigenvalue weighted by Gasteiger charge is -2.19. The number of aromatic nitrogens is 1. The van der Waals surface area contributed by atoms with Crippen molar-refractivity contribution in [1.29, 1.82) is 0 Å². The minimum atomic E-state index is -3.27. The van der Waals surface area contributed by atoms with Gasteiger partial charge in [-0.05, 0) is 63.7 Å². The minimum Gasteiger partial charge on any atom is -0.225 e. The van der Waals surface area contributed by atoms with E-state index in [-0.39, 0.29) is 12.0 Å². The first-order valence-corrected chi connectivity index (χ1v) is 9.85. The molecule has 3 rings (SSSR count). The Balaban J connectivity index is 1.73. The highest BCUT2D eigenvalue weighted by Gasteiger charge is 2.34. The van der Waals surface area contributed by atoms with Crippen molar-refractivity contribution in [2.24, 2.45) is 5.92 Å². The zero-order chi connectivity index (χ0) is 17.5. The number of nitrogens with one attached hydrogen (secondary N) is 1. The Labute approximate surface area is 142 Å². The lowest BCUT2D eigenvalue weighted by Crippen LogP contribution is -2.37. The van der Waals surface area contributed by atoms with Gasteiger partial charge in [-0.1, -0.05) is 17.7 Å². The third-order valence-corrected chi connectivity index (χ3v) is 6.73. The molecule has 2 atom stereocenters. The minimum absolute atomic E-state index is 0.0672. The molecular formula is C18H23FN2O2S. The Morgan fingerprint density at radius 2 is 2.00 bits per heavy atom. The quantitative estimate of drug-likeness (QED) is 0.847. The van der Waals surface area contributed by atoms with Crippen LogP contribution in [0.1, 0.15) is 44.4 Å². The zero-order valence-corrected chi connectivity index (χ0v) is 15.0. The Kier molecular flexibility index (Phi) is 4.62. The van der Waals surface area contributed by atoms with E-state index < -0.39 is 21.2 Å². The average Bonchev–Trinajstić information content (AvgIpc) is 2.87. The van der Waals surface area contributed by atoms with Gasteiger partial charge in [0.05, 0.1) is 5.25 Å². The molecule has 1 aromatic rings. The maximum Gasteiger partial charge on any atom is 0.220 e. The van der Waals surface area contributed by atoms with E-state index >= 15 is 0 Å². The van der Waals surface area contributed by atoms with Gasteiger partial charge in [0, 0.05) is 17.3 Å². The summed E-state index contributed by atoms with van der Waals surface area (Å²) in [7, 11) is -3.27. The van der Waals surface area contributed by atoms with Crippen LogP contribution in [0.2, 0.25) is 0 Å². The Morgan fingerprint density at radius 3 is 2.67 bits per heavy atom. The molecule has 1 saturated carbocycles. The van der Waals surface area contributed by atoms with Gasteiger partial charge in [0.25, 0.3) is 0 Å². The lowest BCUT2D eigenvalue weighted by molar-refractivity contribution is 0.525. The fraction of sp³-hybridized carbons (Fsp3) is 0.500. The van der Waals surface area contributed by atoms with Crippen molar-refractivity contribution in [2.75, 3.05) is 0 Å². The van der Waals surface area contributed by atoms with Crippen LogP contribution in [0.3, 0.4) is 0 Å². The van der Waals surface area contributed by atoms with Gasteiger partial charge in [-0.3, -0.25) is 0 Å². The number of pyridine rings is 1. The molecule has 0 aromatic carbocycles. The first kappa shape index (κ1) is 17.3. The molecular weight excluding hydrogens is 327 g/mol. The molecule has 6 heteroatoms. The summed E-state index contributed by atoms with van der Waals surface area (Å²) < 4.78 is 41.0. The van der Waals surface area contributed by atoms with E-state index in [1.165, 1.54) is 5.57 Å². The predicted molar refractivity (Wildman–Crippen MR) is 93.3 cm³/mol. The standard InChI is InChI=1S/C18H23FN2O2S/c1-11(2)24(22,23)21-16-9-13-5-6-14(8-15(13)10-16)17-7-4-12(3)20-18(17)19/h4-7,11,15-16,21H,8-10H2,1-3H3/t15?,16-/m0/s1. The fourth-order valence-electron chi connectivity index (χ4n) is 3.41. The van der Waals surface area contributed by atoms with E-state index in [9.17, 15) is 12.8 Å². The van der Waals surface area contributed by atoms with Crippen molar-refractivity contribution < 1.29 is 12.8 Å². The van der Waals surface area contributed by atoms with Crippen LogP contribution in [0.15, 0.2) is 29.9 Å². The smallest absolute Gasteiger partial charge is 0.220 e. The molecule has 0 spiro atoms. The molecule has 1 N–H and O–H groups in total. The number of allylic oxidation sites excluding steroid dienone is 3. The summed E-state index contributed by atoms with van der Waals surface area (Å²) in [6.07, 6.45) is 6.19. The molecule has 0 radical (unpaired) electrons.